The average Bonchev–Trinajstić information content (AvgIpc) is 2.31. The van der Waals surface area contributed by atoms with E-state index < -0.39 is 0 Å². The summed E-state index contributed by atoms with van der Waals surface area (Å²) in [5.74, 6) is 1.45. The zero-order chi connectivity index (χ0) is 7.84. The van der Waals surface area contributed by atoms with Gasteiger partial charge in [0.05, 0.1) is 6.04 Å². The largest absolute Gasteiger partial charge is 0.366 e. The Kier molecular flexibility index (Phi) is 1.34. The number of rotatable bonds is 0. The third kappa shape index (κ3) is 0.982. The topological polar surface area (TPSA) is 56.7 Å². The summed E-state index contributed by atoms with van der Waals surface area (Å²) >= 11 is 0. The SMILES string of the molecule is CC1CCCc2nc(N)nn21. The lowest BCUT2D eigenvalue weighted by molar-refractivity contribution is 0.389. The van der Waals surface area contributed by atoms with Gasteiger partial charge in [0.25, 0.3) is 0 Å². The van der Waals surface area contributed by atoms with Gasteiger partial charge in [-0.05, 0) is 19.8 Å². The third-order valence-electron chi connectivity index (χ3n) is 2.16. The van der Waals surface area contributed by atoms with Crippen LogP contribution in [-0.2, 0) is 6.42 Å². The predicted molar refractivity (Wildman–Crippen MR) is 42.1 cm³/mol. The van der Waals surface area contributed by atoms with E-state index in [4.69, 9.17) is 5.73 Å². The summed E-state index contributed by atoms with van der Waals surface area (Å²) in [6.45, 7) is 2.15. The minimum atomic E-state index is 0.411. The Balaban J connectivity index is 2.43. The lowest BCUT2D eigenvalue weighted by Gasteiger charge is -2.18. The van der Waals surface area contributed by atoms with Gasteiger partial charge in [0.15, 0.2) is 0 Å². The zero-order valence-corrected chi connectivity index (χ0v) is 6.62. The minimum absolute atomic E-state index is 0.411. The number of hydrogen-bond acceptors (Lipinski definition) is 3. The second kappa shape index (κ2) is 2.22. The molecule has 0 radical (unpaired) electrons. The Hall–Kier alpha value is -1.06. The Bertz CT molecular complexity index is 265. The van der Waals surface area contributed by atoms with Crippen LogP contribution in [0.25, 0.3) is 0 Å². The lowest BCUT2D eigenvalue weighted by Crippen LogP contribution is -2.16. The molecule has 1 unspecified atom stereocenters. The fourth-order valence-corrected chi connectivity index (χ4v) is 1.58. The number of nitrogens with two attached hydrogens (primary N) is 1. The van der Waals surface area contributed by atoms with Gasteiger partial charge < -0.3 is 5.73 Å². The first kappa shape index (κ1) is 6.64. The van der Waals surface area contributed by atoms with Crippen molar-refractivity contribution in [2.75, 3.05) is 5.73 Å². The molecular formula is C7H12N4. The summed E-state index contributed by atoms with van der Waals surface area (Å²) in [5, 5.41) is 4.12. The van der Waals surface area contributed by atoms with Crippen molar-refractivity contribution in [3.05, 3.63) is 5.82 Å². The molecule has 1 aliphatic rings. The highest BCUT2D eigenvalue weighted by atomic mass is 15.4. The van der Waals surface area contributed by atoms with Crippen LogP contribution in [-0.4, -0.2) is 14.8 Å². The van der Waals surface area contributed by atoms with Gasteiger partial charge >= 0.3 is 0 Å². The van der Waals surface area contributed by atoms with Gasteiger partial charge in [-0.1, -0.05) is 0 Å². The molecule has 2 rings (SSSR count). The molecule has 2 heterocycles. The fraction of sp³-hybridized carbons (Fsp3) is 0.714. The molecule has 1 aliphatic heterocycles. The molecule has 0 spiro atoms. The number of anilines is 1. The fourth-order valence-electron chi connectivity index (χ4n) is 1.58. The maximum atomic E-state index is 5.48. The highest BCUT2D eigenvalue weighted by Crippen LogP contribution is 2.22. The monoisotopic (exact) mass is 152 g/mol. The van der Waals surface area contributed by atoms with Gasteiger partial charge in [0, 0.05) is 6.42 Å². The van der Waals surface area contributed by atoms with E-state index in [1.165, 1.54) is 12.8 Å². The van der Waals surface area contributed by atoms with Crippen LogP contribution in [0, 0.1) is 0 Å². The van der Waals surface area contributed by atoms with Crippen molar-refractivity contribution in [1.29, 1.82) is 0 Å². The first-order chi connectivity index (χ1) is 5.27. The van der Waals surface area contributed by atoms with Gasteiger partial charge in [-0.25, -0.2) is 4.68 Å². The Morgan fingerprint density at radius 3 is 3.18 bits per heavy atom. The molecular weight excluding hydrogens is 140 g/mol. The van der Waals surface area contributed by atoms with Crippen molar-refractivity contribution < 1.29 is 0 Å². The van der Waals surface area contributed by atoms with Crippen LogP contribution in [0.2, 0.25) is 0 Å². The molecule has 0 amide bonds. The molecule has 0 fully saturated rings. The van der Waals surface area contributed by atoms with E-state index >= 15 is 0 Å². The van der Waals surface area contributed by atoms with E-state index in [-0.39, 0.29) is 0 Å². The van der Waals surface area contributed by atoms with Crippen molar-refractivity contribution >= 4 is 5.95 Å². The van der Waals surface area contributed by atoms with Crippen LogP contribution >= 0.6 is 0 Å². The average molecular weight is 152 g/mol. The molecule has 1 atom stereocenters. The van der Waals surface area contributed by atoms with Gasteiger partial charge in [-0.3, -0.25) is 0 Å². The van der Waals surface area contributed by atoms with Gasteiger partial charge in [0.1, 0.15) is 5.82 Å². The van der Waals surface area contributed by atoms with Crippen LogP contribution in [0.1, 0.15) is 31.6 Å². The molecule has 1 aromatic heterocycles. The van der Waals surface area contributed by atoms with Gasteiger partial charge in [-0.2, -0.15) is 4.98 Å². The van der Waals surface area contributed by atoms with Crippen LogP contribution in [0.5, 0.6) is 0 Å². The molecule has 2 N–H and O–H groups in total. The Morgan fingerprint density at radius 2 is 2.45 bits per heavy atom. The van der Waals surface area contributed by atoms with E-state index in [0.717, 1.165) is 12.2 Å². The number of nitrogens with zero attached hydrogens (tertiary/aromatic N) is 3. The Labute approximate surface area is 65.4 Å². The van der Waals surface area contributed by atoms with Crippen LogP contribution in [0.3, 0.4) is 0 Å². The molecule has 0 bridgehead atoms. The molecule has 4 heteroatoms. The van der Waals surface area contributed by atoms with Crippen LogP contribution < -0.4 is 5.73 Å². The highest BCUT2D eigenvalue weighted by Gasteiger charge is 2.18. The second-order valence-electron chi connectivity index (χ2n) is 3.07. The first-order valence-corrected chi connectivity index (χ1v) is 3.98. The number of aromatic nitrogens is 3. The van der Waals surface area contributed by atoms with Crippen molar-refractivity contribution in [1.82, 2.24) is 14.8 Å². The summed E-state index contributed by atoms with van der Waals surface area (Å²) in [4.78, 5) is 4.13. The van der Waals surface area contributed by atoms with Crippen molar-refractivity contribution in [3.8, 4) is 0 Å². The molecule has 4 nitrogen and oxygen atoms in total. The molecule has 0 saturated heterocycles. The summed E-state index contributed by atoms with van der Waals surface area (Å²) in [6.07, 6.45) is 3.42. The van der Waals surface area contributed by atoms with Crippen molar-refractivity contribution in [3.63, 3.8) is 0 Å². The smallest absolute Gasteiger partial charge is 0.239 e. The van der Waals surface area contributed by atoms with Crippen molar-refractivity contribution in [2.45, 2.75) is 32.2 Å². The van der Waals surface area contributed by atoms with Crippen LogP contribution in [0.15, 0.2) is 0 Å². The third-order valence-corrected chi connectivity index (χ3v) is 2.16. The Morgan fingerprint density at radius 1 is 1.64 bits per heavy atom. The van der Waals surface area contributed by atoms with E-state index in [1.807, 2.05) is 4.68 Å². The summed E-state index contributed by atoms with van der Waals surface area (Å²) in [7, 11) is 0. The standard InChI is InChI=1S/C7H12N4/c1-5-3-2-4-6-9-7(8)10-11(5)6/h5H,2-4H2,1H3,(H2,8,10). The van der Waals surface area contributed by atoms with Crippen LogP contribution in [0.4, 0.5) is 5.95 Å². The molecule has 60 valence electrons. The van der Waals surface area contributed by atoms with Gasteiger partial charge in [-0.15, -0.1) is 5.10 Å². The summed E-state index contributed by atoms with van der Waals surface area (Å²) in [6, 6.07) is 0.476. The van der Waals surface area contributed by atoms with E-state index in [0.29, 0.717) is 12.0 Å². The first-order valence-electron chi connectivity index (χ1n) is 3.98. The number of hydrogen-bond donors (Lipinski definition) is 1. The summed E-state index contributed by atoms with van der Waals surface area (Å²) < 4.78 is 1.94. The van der Waals surface area contributed by atoms with E-state index in [2.05, 4.69) is 17.0 Å². The lowest BCUT2D eigenvalue weighted by atomic mass is 10.1. The number of nitrogen functional groups attached to an aromatic ring is 1. The van der Waals surface area contributed by atoms with Crippen molar-refractivity contribution in [2.24, 2.45) is 0 Å². The summed E-state index contributed by atoms with van der Waals surface area (Å²) in [5.41, 5.74) is 5.48. The maximum absolute atomic E-state index is 5.48. The number of fused-ring (bicyclic) bond motifs is 1. The van der Waals surface area contributed by atoms with E-state index in [1.54, 1.807) is 0 Å². The quantitative estimate of drug-likeness (QED) is 0.597. The molecule has 0 saturated carbocycles. The van der Waals surface area contributed by atoms with Gasteiger partial charge in [0.2, 0.25) is 5.95 Å². The number of aryl methyl sites for hydroxylation is 1. The normalized spacial score (nSPS) is 23.2. The molecule has 0 aliphatic carbocycles. The molecule has 0 aromatic carbocycles. The van der Waals surface area contributed by atoms with E-state index in [9.17, 15) is 0 Å². The maximum Gasteiger partial charge on any atom is 0.239 e. The molecule has 11 heavy (non-hydrogen) atoms. The second-order valence-corrected chi connectivity index (χ2v) is 3.07. The minimum Gasteiger partial charge on any atom is -0.366 e. The predicted octanol–water partition coefficient (Wildman–Crippen LogP) is 0.758. The zero-order valence-electron chi connectivity index (χ0n) is 6.62. The molecule has 1 aromatic rings. The highest BCUT2D eigenvalue weighted by molar-refractivity contribution is 5.15.